The molecule has 1 aliphatic heterocycles. The summed E-state index contributed by atoms with van der Waals surface area (Å²) >= 11 is 0. The molecule has 0 radical (unpaired) electrons. The first kappa shape index (κ1) is 24.8. The number of fused-ring (bicyclic) bond motifs is 1. The molecule has 0 aliphatic carbocycles. The predicted molar refractivity (Wildman–Crippen MR) is 135 cm³/mol. The fourth-order valence-electron chi connectivity index (χ4n) is 3.97. The smallest absolute Gasteiger partial charge is 0.410 e. The number of aromatic amines is 1. The van der Waals surface area contributed by atoms with Gasteiger partial charge < -0.3 is 19.0 Å². The Morgan fingerprint density at radius 2 is 1.88 bits per heavy atom. The first-order chi connectivity index (χ1) is 14.7. The molecule has 1 saturated heterocycles. The second-order valence-electron chi connectivity index (χ2n) is 11.8. The van der Waals surface area contributed by atoms with Gasteiger partial charge in [-0.3, -0.25) is 0 Å². The Bertz CT molecular complexity index is 937. The number of hydrogen-bond acceptors (Lipinski definition) is 3. The first-order valence-electron chi connectivity index (χ1n) is 12.0. The minimum atomic E-state index is -1.72. The van der Waals surface area contributed by atoms with E-state index in [-0.39, 0.29) is 11.1 Å². The zero-order valence-electron chi connectivity index (χ0n) is 21.3. The van der Waals surface area contributed by atoms with Gasteiger partial charge in [-0.2, -0.15) is 0 Å². The Morgan fingerprint density at radius 3 is 2.53 bits per heavy atom. The van der Waals surface area contributed by atoms with Crippen molar-refractivity contribution in [3.8, 4) is 0 Å². The molecule has 1 N–H and O–H groups in total. The highest BCUT2D eigenvalue weighted by Gasteiger charge is 2.37. The fourth-order valence-corrected chi connectivity index (χ4v) is 5.02. The van der Waals surface area contributed by atoms with Gasteiger partial charge in [-0.05, 0) is 80.9 Å². The summed E-state index contributed by atoms with van der Waals surface area (Å²) < 4.78 is 11.9. The molecule has 178 valence electrons. The van der Waals surface area contributed by atoms with Crippen LogP contribution in [0.15, 0.2) is 24.3 Å². The predicted octanol–water partition coefficient (Wildman–Crippen LogP) is 6.85. The van der Waals surface area contributed by atoms with E-state index < -0.39 is 13.9 Å². The summed E-state index contributed by atoms with van der Waals surface area (Å²) in [5, 5.41) is 1.47. The maximum atomic E-state index is 12.5. The number of hydrogen-bond donors (Lipinski definition) is 1. The van der Waals surface area contributed by atoms with Gasteiger partial charge in [-0.15, -0.1) is 0 Å². The first-order valence-corrected chi connectivity index (χ1v) is 14.9. The number of amides is 1. The van der Waals surface area contributed by atoms with Crippen LogP contribution in [0.3, 0.4) is 0 Å². The van der Waals surface area contributed by atoms with Crippen molar-refractivity contribution in [3.05, 3.63) is 35.5 Å². The highest BCUT2D eigenvalue weighted by Crippen LogP contribution is 2.36. The van der Waals surface area contributed by atoms with Crippen LogP contribution in [0.2, 0.25) is 18.1 Å². The van der Waals surface area contributed by atoms with Crippen LogP contribution in [0.4, 0.5) is 4.79 Å². The van der Waals surface area contributed by atoms with E-state index in [0.29, 0.717) is 5.92 Å². The number of H-pyrrole nitrogens is 1. The van der Waals surface area contributed by atoms with Crippen LogP contribution >= 0.6 is 0 Å². The van der Waals surface area contributed by atoms with Crippen molar-refractivity contribution in [2.75, 3.05) is 19.7 Å². The van der Waals surface area contributed by atoms with Crippen molar-refractivity contribution in [1.29, 1.82) is 0 Å². The second kappa shape index (κ2) is 9.22. The van der Waals surface area contributed by atoms with Crippen LogP contribution in [-0.4, -0.2) is 49.6 Å². The molecule has 5 nitrogen and oxygen atoms in total. The van der Waals surface area contributed by atoms with E-state index >= 15 is 0 Å². The highest BCUT2D eigenvalue weighted by molar-refractivity contribution is 6.74. The van der Waals surface area contributed by atoms with Crippen molar-refractivity contribution in [1.82, 2.24) is 9.88 Å². The third kappa shape index (κ3) is 6.16. The zero-order valence-corrected chi connectivity index (χ0v) is 22.3. The lowest BCUT2D eigenvalue weighted by Gasteiger charge is -2.36. The number of carbonyl (C=O) groups excluding carboxylic acids is 1. The number of nitrogens with zero attached hydrogens (tertiary/aromatic N) is 1. The molecule has 1 atom stereocenters. The van der Waals surface area contributed by atoms with Crippen molar-refractivity contribution < 1.29 is 14.0 Å². The van der Waals surface area contributed by atoms with Gasteiger partial charge in [0.25, 0.3) is 0 Å². The monoisotopic (exact) mass is 458 g/mol. The molecule has 1 amide bonds. The van der Waals surface area contributed by atoms with E-state index in [4.69, 9.17) is 9.16 Å². The third-order valence-corrected chi connectivity index (χ3v) is 11.4. The summed E-state index contributed by atoms with van der Waals surface area (Å²) in [5.74, 6) is 0.348. The van der Waals surface area contributed by atoms with Gasteiger partial charge in [0.1, 0.15) is 5.60 Å². The van der Waals surface area contributed by atoms with Crippen LogP contribution in [0.5, 0.6) is 0 Å². The quantitative estimate of drug-likeness (QED) is 0.499. The normalized spacial score (nSPS) is 18.2. The summed E-state index contributed by atoms with van der Waals surface area (Å²) in [6.07, 6.45) is 2.80. The van der Waals surface area contributed by atoms with E-state index in [1.165, 1.54) is 16.6 Å². The standard InChI is InChI=1S/C26H42N2O3Si/c1-25(2,3)31-24(29)28-14-9-10-20(18-28)19-11-12-23-21(16-19)17-22(27-23)13-15-30-32(7,8)26(4,5)6/h11-12,16-17,20,27H,9-10,13-15,18H2,1-8H3. The van der Waals surface area contributed by atoms with Crippen LogP contribution in [-0.2, 0) is 15.6 Å². The molecule has 1 fully saturated rings. The average molecular weight is 459 g/mol. The lowest BCUT2D eigenvalue weighted by molar-refractivity contribution is 0.0198. The summed E-state index contributed by atoms with van der Waals surface area (Å²) in [7, 11) is -1.72. The van der Waals surface area contributed by atoms with Crippen molar-refractivity contribution in [2.45, 2.75) is 90.5 Å². The van der Waals surface area contributed by atoms with Gasteiger partial charge in [-0.25, -0.2) is 4.79 Å². The third-order valence-electron chi connectivity index (χ3n) is 6.89. The Hall–Kier alpha value is -1.79. The molecule has 1 aromatic heterocycles. The average Bonchev–Trinajstić information content (AvgIpc) is 3.07. The molecule has 2 aromatic rings. The van der Waals surface area contributed by atoms with Gasteiger partial charge in [0.05, 0.1) is 0 Å². The largest absolute Gasteiger partial charge is 0.444 e. The summed E-state index contributed by atoms with van der Waals surface area (Å²) in [6.45, 7) is 19.4. The van der Waals surface area contributed by atoms with E-state index in [9.17, 15) is 4.79 Å². The topological polar surface area (TPSA) is 54.6 Å². The lowest BCUT2D eigenvalue weighted by Crippen LogP contribution is -2.42. The van der Waals surface area contributed by atoms with Crippen LogP contribution in [0, 0.1) is 0 Å². The van der Waals surface area contributed by atoms with Crippen LogP contribution in [0.1, 0.15) is 71.6 Å². The number of piperidine rings is 1. The summed E-state index contributed by atoms with van der Waals surface area (Å²) in [5.41, 5.74) is 3.22. The molecule has 0 saturated carbocycles. The van der Waals surface area contributed by atoms with Crippen LogP contribution < -0.4 is 0 Å². The molecule has 0 spiro atoms. The molecule has 1 aliphatic rings. The van der Waals surface area contributed by atoms with Gasteiger partial charge >= 0.3 is 6.09 Å². The molecule has 1 unspecified atom stereocenters. The van der Waals surface area contributed by atoms with Crippen molar-refractivity contribution in [2.24, 2.45) is 0 Å². The minimum Gasteiger partial charge on any atom is -0.444 e. The van der Waals surface area contributed by atoms with Crippen molar-refractivity contribution in [3.63, 3.8) is 0 Å². The Kier molecular flexibility index (Phi) is 7.16. The number of rotatable bonds is 5. The van der Waals surface area contributed by atoms with E-state index in [2.05, 4.69) is 63.1 Å². The SMILES string of the molecule is CC(C)(C)OC(=O)N1CCCC(c2ccc3[nH]c(CCO[Si](C)(C)C(C)(C)C)cc3c2)C1. The number of aromatic nitrogens is 1. The van der Waals surface area contributed by atoms with Gasteiger partial charge in [0.2, 0.25) is 0 Å². The highest BCUT2D eigenvalue weighted by atomic mass is 28.4. The lowest BCUT2D eigenvalue weighted by atomic mass is 9.90. The maximum absolute atomic E-state index is 12.5. The van der Waals surface area contributed by atoms with E-state index in [1.807, 2.05) is 25.7 Å². The Morgan fingerprint density at radius 1 is 1.16 bits per heavy atom. The molecular formula is C26H42N2O3Si. The Balaban J connectivity index is 1.65. The second-order valence-corrected chi connectivity index (χ2v) is 16.6. The van der Waals surface area contributed by atoms with Crippen molar-refractivity contribution >= 4 is 25.3 Å². The van der Waals surface area contributed by atoms with Gasteiger partial charge in [-0.1, -0.05) is 26.8 Å². The molecule has 32 heavy (non-hydrogen) atoms. The number of benzene rings is 1. The molecule has 3 rings (SSSR count). The molecule has 2 heterocycles. The molecular weight excluding hydrogens is 416 g/mol. The van der Waals surface area contributed by atoms with E-state index in [1.54, 1.807) is 0 Å². The maximum Gasteiger partial charge on any atom is 0.410 e. The zero-order chi connectivity index (χ0) is 23.7. The number of ether oxygens (including phenoxy) is 1. The van der Waals surface area contributed by atoms with Gasteiger partial charge in [0, 0.05) is 43.2 Å². The fraction of sp³-hybridized carbons (Fsp3) is 0.654. The van der Waals surface area contributed by atoms with Crippen LogP contribution in [0.25, 0.3) is 10.9 Å². The molecule has 6 heteroatoms. The number of nitrogens with one attached hydrogen (secondary N) is 1. The Labute approximate surface area is 195 Å². The van der Waals surface area contributed by atoms with E-state index in [0.717, 1.165) is 44.5 Å². The summed E-state index contributed by atoms with van der Waals surface area (Å²) in [4.78, 5) is 17.9. The number of likely N-dealkylation sites (tertiary alicyclic amines) is 1. The summed E-state index contributed by atoms with van der Waals surface area (Å²) in [6, 6.07) is 8.92. The molecule has 1 aromatic carbocycles. The van der Waals surface area contributed by atoms with Gasteiger partial charge in [0.15, 0.2) is 8.32 Å². The molecule has 0 bridgehead atoms. The minimum absolute atomic E-state index is 0.200. The number of carbonyl (C=O) groups is 1.